The Kier molecular flexibility index (Phi) is 6.60. The third kappa shape index (κ3) is 5.70. The van der Waals surface area contributed by atoms with Crippen LogP contribution in [0.2, 0.25) is 0 Å². The van der Waals surface area contributed by atoms with Crippen molar-refractivity contribution in [3.8, 4) is 33.0 Å². The number of aromatic nitrogens is 2. The minimum absolute atomic E-state index is 0. The van der Waals surface area contributed by atoms with Crippen LogP contribution in [0, 0.1) is 25.8 Å². The second-order valence-electron chi connectivity index (χ2n) is 10.4. The smallest absolute Gasteiger partial charge is 0.124 e. The first-order valence-corrected chi connectivity index (χ1v) is 15.9. The average molecular weight is 813 g/mol. The van der Waals surface area contributed by atoms with Crippen LogP contribution in [0.25, 0.3) is 74.5 Å². The molecule has 0 saturated carbocycles. The fourth-order valence-electron chi connectivity index (χ4n) is 5.35. The third-order valence-electron chi connectivity index (χ3n) is 7.54. The van der Waals surface area contributed by atoms with E-state index in [0.717, 1.165) is 37.3 Å². The number of thiazole rings is 1. The Morgan fingerprint density at radius 1 is 0.739 bits per heavy atom. The van der Waals surface area contributed by atoms with Crippen LogP contribution < -0.4 is 0 Å². The topological polar surface area (TPSA) is 38.9 Å². The number of thiophene rings is 1. The predicted molar refractivity (Wildman–Crippen MR) is 190 cm³/mol. The maximum absolute atomic E-state index is 7.28. The van der Waals surface area contributed by atoms with Crippen molar-refractivity contribution in [2.45, 2.75) is 13.7 Å². The van der Waals surface area contributed by atoms with Crippen molar-refractivity contribution in [1.82, 2.24) is 9.97 Å². The van der Waals surface area contributed by atoms with E-state index in [1.54, 1.807) is 34.8 Å². The van der Waals surface area contributed by atoms with E-state index in [1.165, 1.54) is 50.3 Å². The van der Waals surface area contributed by atoms with Gasteiger partial charge in [0.05, 0.1) is 10.3 Å². The molecular weight excluding hydrogens is 781 g/mol. The summed E-state index contributed by atoms with van der Waals surface area (Å²) in [6.45, 7) is -4.34. The monoisotopic (exact) mass is 813 g/mol. The third-order valence-corrected chi connectivity index (χ3v) is 9.84. The van der Waals surface area contributed by atoms with Gasteiger partial charge in [0.15, 0.2) is 0 Å². The first-order chi connectivity index (χ1) is 24.5. The van der Waals surface area contributed by atoms with Gasteiger partial charge in [0.2, 0.25) is 0 Å². The summed E-state index contributed by atoms with van der Waals surface area (Å²) < 4.78 is 52.4. The van der Waals surface area contributed by atoms with Gasteiger partial charge < -0.3 is 9.40 Å². The van der Waals surface area contributed by atoms with Crippen LogP contribution in [0.15, 0.2) is 126 Å². The quantitative estimate of drug-likeness (QED) is 0.167. The van der Waals surface area contributed by atoms with E-state index >= 15 is 0 Å². The molecule has 0 saturated heterocycles. The zero-order valence-corrected chi connectivity index (χ0v) is 28.0. The number of fused-ring (bicyclic) bond motifs is 6. The second kappa shape index (κ2) is 12.7. The van der Waals surface area contributed by atoms with E-state index < -0.39 is 13.7 Å². The van der Waals surface area contributed by atoms with Gasteiger partial charge in [-0.2, -0.15) is 11.3 Å². The predicted octanol–water partition coefficient (Wildman–Crippen LogP) is 11.7. The summed E-state index contributed by atoms with van der Waals surface area (Å²) in [6, 6.07) is 43.2. The Bertz CT molecular complexity index is 2610. The molecule has 0 aliphatic heterocycles. The van der Waals surface area contributed by atoms with Gasteiger partial charge in [-0.25, -0.2) is 0 Å². The van der Waals surface area contributed by atoms with Gasteiger partial charge in [0, 0.05) is 55.0 Å². The molecule has 0 atom stereocenters. The molecule has 0 N–H and O–H groups in total. The summed E-state index contributed by atoms with van der Waals surface area (Å²) >= 11 is 3.47. The molecule has 0 amide bonds. The standard InChI is InChI=1S/C27H14NOS2.C13H12N.Ir/c1-2-7-16(8-3-1)17-13-14-23-21(15-17)25-27(30-23)28-26(31-25)20-11-6-10-19-18-9-4-5-12-22(18)29-24(19)20;1-10-3-6-12(7-4-10)13-8-5-11(2)9-14-13;/h1-10,12-15H;3-6,8-9H,1-2H3;/q2*-1;/i;1D3,2D3;. The van der Waals surface area contributed by atoms with Crippen LogP contribution in [0.1, 0.15) is 19.4 Å². The van der Waals surface area contributed by atoms with Gasteiger partial charge in [-0.1, -0.05) is 84.5 Å². The molecule has 0 spiro atoms. The van der Waals surface area contributed by atoms with E-state index in [4.69, 9.17) is 17.6 Å². The first kappa shape index (κ1) is 23.8. The molecule has 4 aromatic heterocycles. The van der Waals surface area contributed by atoms with Crippen LogP contribution in [0.4, 0.5) is 0 Å². The number of hydrogen-bond acceptors (Lipinski definition) is 5. The normalized spacial score (nSPS) is 13.6. The van der Waals surface area contributed by atoms with Crippen molar-refractivity contribution >= 4 is 64.2 Å². The Balaban J connectivity index is 0.000000175. The molecule has 4 heterocycles. The summed E-state index contributed by atoms with van der Waals surface area (Å²) in [4.78, 5) is 10.1. The number of hydrogen-bond donors (Lipinski definition) is 0. The van der Waals surface area contributed by atoms with Crippen LogP contribution in [-0.2, 0) is 20.1 Å². The number of rotatable bonds is 3. The van der Waals surface area contributed by atoms with Gasteiger partial charge in [0.1, 0.15) is 10.4 Å². The average Bonchev–Trinajstić information content (AvgIpc) is 3.83. The summed E-state index contributed by atoms with van der Waals surface area (Å²) in [7, 11) is 0. The van der Waals surface area contributed by atoms with Gasteiger partial charge in [-0.3, -0.25) is 4.98 Å². The minimum atomic E-state index is -2.18. The summed E-state index contributed by atoms with van der Waals surface area (Å²) in [5.41, 5.74) is 6.71. The van der Waals surface area contributed by atoms with Crippen molar-refractivity contribution < 1.29 is 32.7 Å². The zero-order valence-electron chi connectivity index (χ0n) is 30.0. The van der Waals surface area contributed by atoms with Crippen LogP contribution >= 0.6 is 22.7 Å². The number of benzene rings is 5. The Morgan fingerprint density at radius 3 is 2.39 bits per heavy atom. The number of aryl methyl sites for hydroxylation is 2. The van der Waals surface area contributed by atoms with Gasteiger partial charge in [-0.05, 0) is 47.4 Å². The number of furan rings is 1. The molecule has 6 heteroatoms. The summed E-state index contributed by atoms with van der Waals surface area (Å²) in [5, 5.41) is 4.46. The van der Waals surface area contributed by atoms with Crippen LogP contribution in [0.3, 0.4) is 0 Å². The van der Waals surface area contributed by atoms with Crippen molar-refractivity contribution in [3.05, 3.63) is 145 Å². The summed E-state index contributed by atoms with van der Waals surface area (Å²) in [5.74, 6) is 0. The molecular formula is C40H26IrN2OS2-2. The first-order valence-electron chi connectivity index (χ1n) is 17.2. The summed E-state index contributed by atoms with van der Waals surface area (Å²) in [6.07, 6.45) is 1.30. The molecule has 3 nitrogen and oxygen atoms in total. The Morgan fingerprint density at radius 2 is 1.59 bits per heavy atom. The van der Waals surface area contributed by atoms with E-state index in [0.29, 0.717) is 11.3 Å². The molecule has 0 unspecified atom stereocenters. The van der Waals surface area contributed by atoms with Crippen molar-refractivity contribution in [2.24, 2.45) is 0 Å². The van der Waals surface area contributed by atoms with Crippen molar-refractivity contribution in [2.75, 3.05) is 0 Å². The Labute approximate surface area is 297 Å². The van der Waals surface area contributed by atoms with Gasteiger partial charge >= 0.3 is 0 Å². The van der Waals surface area contributed by atoms with Crippen molar-refractivity contribution in [3.63, 3.8) is 0 Å². The molecule has 46 heavy (non-hydrogen) atoms. The maximum atomic E-state index is 7.28. The van der Waals surface area contributed by atoms with Crippen LogP contribution in [0.5, 0.6) is 0 Å². The van der Waals surface area contributed by atoms with Crippen molar-refractivity contribution in [1.29, 1.82) is 0 Å². The number of nitrogens with zero attached hydrogens (tertiary/aromatic N) is 2. The molecule has 9 aromatic rings. The zero-order chi connectivity index (χ0) is 35.3. The molecule has 5 aromatic carbocycles. The molecule has 1 radical (unpaired) electrons. The SMILES string of the molecule is [2H]C([2H])([2H])c1c[c-]c(-c2ccc(C([2H])([2H])[2H])cn2)cc1.[Ir].[c-]1ccc2c(oc3ccccc32)c1-c1nc2sc3ccc(-c4ccccc4)cc3c2s1. The molecule has 0 aliphatic rings. The molecule has 0 bridgehead atoms. The Hall–Kier alpha value is -4.45. The van der Waals surface area contributed by atoms with Gasteiger partial charge in [-0.15, -0.1) is 64.9 Å². The van der Waals surface area contributed by atoms with E-state index in [1.807, 2.05) is 24.3 Å². The largest absolute Gasteiger partial charge is 0.501 e. The van der Waals surface area contributed by atoms with Gasteiger partial charge in [0.25, 0.3) is 0 Å². The molecule has 0 fully saturated rings. The van der Waals surface area contributed by atoms with E-state index in [2.05, 4.69) is 77.8 Å². The molecule has 225 valence electrons. The van der Waals surface area contributed by atoms with E-state index in [-0.39, 0.29) is 31.2 Å². The number of para-hydroxylation sites is 1. The molecule has 9 rings (SSSR count). The van der Waals surface area contributed by atoms with Crippen LogP contribution in [-0.4, -0.2) is 9.97 Å². The van der Waals surface area contributed by atoms with E-state index in [9.17, 15) is 0 Å². The fraction of sp³-hybridized carbons (Fsp3) is 0.0500. The second-order valence-corrected chi connectivity index (χ2v) is 12.5. The minimum Gasteiger partial charge on any atom is -0.501 e. The number of pyridine rings is 1. The maximum Gasteiger partial charge on any atom is 0.124 e. The fourth-order valence-corrected chi connectivity index (χ4v) is 7.67. The molecule has 0 aliphatic carbocycles.